The van der Waals surface area contributed by atoms with Crippen molar-refractivity contribution in [2.75, 3.05) is 19.0 Å². The van der Waals surface area contributed by atoms with Crippen molar-refractivity contribution in [3.8, 4) is 0 Å². The van der Waals surface area contributed by atoms with Crippen molar-refractivity contribution >= 4 is 17.0 Å². The molecule has 0 spiro atoms. The number of benzene rings is 1. The van der Waals surface area contributed by atoms with Crippen molar-refractivity contribution in [1.82, 2.24) is 19.7 Å². The molecule has 0 unspecified atom stereocenters. The quantitative estimate of drug-likeness (QED) is 0.628. The number of alkyl halides is 3. The van der Waals surface area contributed by atoms with Gasteiger partial charge in [0.05, 0.1) is 19.1 Å². The van der Waals surface area contributed by atoms with Gasteiger partial charge in [-0.3, -0.25) is 9.78 Å². The van der Waals surface area contributed by atoms with Gasteiger partial charge in [-0.1, -0.05) is 12.1 Å². The summed E-state index contributed by atoms with van der Waals surface area (Å²) in [4.78, 5) is 21.0. The first kappa shape index (κ1) is 20.8. The third kappa shape index (κ3) is 4.09. The maximum atomic E-state index is 14.2. The van der Waals surface area contributed by atoms with Crippen LogP contribution in [-0.2, 0) is 13.0 Å². The second-order valence-corrected chi connectivity index (χ2v) is 6.85. The van der Waals surface area contributed by atoms with Gasteiger partial charge in [-0.25, -0.2) is 9.07 Å². The maximum Gasteiger partial charge on any atom is 0.393 e. The fraction of sp³-hybridized carbons (Fsp3) is 0.389. The molecule has 0 fully saturated rings. The van der Waals surface area contributed by atoms with E-state index >= 15 is 0 Å². The number of hydrogen-bond donors (Lipinski definition) is 2. The minimum Gasteiger partial charge on any atom is -0.390 e. The lowest BCUT2D eigenvalue weighted by Crippen LogP contribution is -2.20. The Morgan fingerprint density at radius 2 is 2.00 bits per heavy atom. The molecule has 0 aliphatic carbocycles. The Hall–Kier alpha value is -2.95. The standard InChI is InChI=1S/C18H19F4N5O2/c1-9(10-4-5-11(12(19)6-10)7-18(20,21)22)27-15-14(13(8-28)25-27)16(29)24-17(23-15)26(2)3/h4-6,9,28H,7-8H2,1-3H3,(H,23,24,29)/t9-/m0/s1. The van der Waals surface area contributed by atoms with Crippen LogP contribution in [0.5, 0.6) is 0 Å². The molecule has 2 N–H and O–H groups in total. The smallest absolute Gasteiger partial charge is 0.390 e. The lowest BCUT2D eigenvalue weighted by atomic mass is 10.0. The summed E-state index contributed by atoms with van der Waals surface area (Å²) < 4.78 is 53.2. The van der Waals surface area contributed by atoms with Crippen molar-refractivity contribution in [3.05, 3.63) is 51.2 Å². The largest absolute Gasteiger partial charge is 0.393 e. The number of nitrogens with one attached hydrogen (secondary N) is 1. The van der Waals surface area contributed by atoms with Gasteiger partial charge < -0.3 is 10.0 Å². The van der Waals surface area contributed by atoms with Crippen molar-refractivity contribution in [1.29, 1.82) is 0 Å². The molecular weight excluding hydrogens is 394 g/mol. The molecule has 0 amide bonds. The molecule has 0 saturated carbocycles. The van der Waals surface area contributed by atoms with Gasteiger partial charge in [-0.15, -0.1) is 0 Å². The minimum atomic E-state index is -4.52. The number of rotatable bonds is 5. The Labute approximate surface area is 162 Å². The number of hydrogen-bond acceptors (Lipinski definition) is 5. The van der Waals surface area contributed by atoms with Gasteiger partial charge >= 0.3 is 6.18 Å². The second-order valence-electron chi connectivity index (χ2n) is 6.85. The average Bonchev–Trinajstić information content (AvgIpc) is 3.01. The number of aromatic nitrogens is 4. The molecule has 1 atom stereocenters. The number of halogens is 4. The number of aliphatic hydroxyl groups is 1. The topological polar surface area (TPSA) is 87.0 Å². The van der Waals surface area contributed by atoms with E-state index in [0.29, 0.717) is 5.56 Å². The van der Waals surface area contributed by atoms with Crippen LogP contribution in [0.3, 0.4) is 0 Å². The zero-order valence-electron chi connectivity index (χ0n) is 15.9. The van der Waals surface area contributed by atoms with Gasteiger partial charge in [0, 0.05) is 14.1 Å². The van der Waals surface area contributed by atoms with Crippen LogP contribution in [0, 0.1) is 5.82 Å². The van der Waals surface area contributed by atoms with Crippen LogP contribution < -0.4 is 10.5 Å². The Kier molecular flexibility index (Phi) is 5.35. The van der Waals surface area contributed by atoms with E-state index in [4.69, 9.17) is 0 Å². The number of aromatic amines is 1. The molecule has 0 saturated heterocycles. The maximum absolute atomic E-state index is 14.2. The number of aliphatic hydroxyl groups excluding tert-OH is 1. The molecule has 2 aromatic heterocycles. The van der Waals surface area contributed by atoms with Gasteiger partial charge in [0.25, 0.3) is 5.56 Å². The lowest BCUT2D eigenvalue weighted by molar-refractivity contribution is -0.127. The van der Waals surface area contributed by atoms with Gasteiger partial charge in [0.2, 0.25) is 5.95 Å². The Morgan fingerprint density at radius 1 is 1.31 bits per heavy atom. The van der Waals surface area contributed by atoms with Crippen LogP contribution in [0.25, 0.3) is 11.0 Å². The number of anilines is 1. The van der Waals surface area contributed by atoms with Crippen LogP contribution in [0.2, 0.25) is 0 Å². The normalized spacial score (nSPS) is 13.1. The number of nitrogens with zero attached hydrogens (tertiary/aromatic N) is 4. The minimum absolute atomic E-state index is 0.0964. The van der Waals surface area contributed by atoms with Crippen LogP contribution in [0.4, 0.5) is 23.5 Å². The Morgan fingerprint density at radius 3 is 2.55 bits per heavy atom. The second kappa shape index (κ2) is 7.47. The first-order chi connectivity index (χ1) is 13.5. The van der Waals surface area contributed by atoms with E-state index in [1.807, 2.05) is 0 Å². The summed E-state index contributed by atoms with van der Waals surface area (Å²) in [6, 6.07) is 2.81. The zero-order valence-corrected chi connectivity index (χ0v) is 15.9. The van der Waals surface area contributed by atoms with Gasteiger partial charge in [-0.2, -0.15) is 23.3 Å². The molecule has 7 nitrogen and oxygen atoms in total. The summed E-state index contributed by atoms with van der Waals surface area (Å²) in [6.45, 7) is 1.13. The van der Waals surface area contributed by atoms with Gasteiger partial charge in [0.15, 0.2) is 5.65 Å². The predicted octanol–water partition coefficient (Wildman–Crippen LogP) is 2.53. The predicted molar refractivity (Wildman–Crippen MR) is 98.4 cm³/mol. The summed E-state index contributed by atoms with van der Waals surface area (Å²) in [7, 11) is 3.35. The van der Waals surface area contributed by atoms with Gasteiger partial charge in [0.1, 0.15) is 16.9 Å². The SMILES string of the molecule is C[C@@H](c1ccc(CC(F)(F)F)c(F)c1)n1nc(CO)c2c(=O)[nH]c(N(C)C)nc21. The summed E-state index contributed by atoms with van der Waals surface area (Å²) >= 11 is 0. The number of H-pyrrole nitrogens is 1. The van der Waals surface area contributed by atoms with Gasteiger partial charge in [-0.05, 0) is 24.1 Å². The van der Waals surface area contributed by atoms with Crippen LogP contribution in [-0.4, -0.2) is 45.1 Å². The molecule has 0 radical (unpaired) electrons. The van der Waals surface area contributed by atoms with E-state index < -0.39 is 42.2 Å². The summed E-state index contributed by atoms with van der Waals surface area (Å²) in [6.07, 6.45) is -5.88. The van der Waals surface area contributed by atoms with Crippen molar-refractivity contribution in [2.45, 2.75) is 32.2 Å². The highest BCUT2D eigenvalue weighted by molar-refractivity contribution is 5.78. The summed E-state index contributed by atoms with van der Waals surface area (Å²) in [5.74, 6) is -0.725. The molecule has 29 heavy (non-hydrogen) atoms. The van der Waals surface area contributed by atoms with Crippen molar-refractivity contribution in [3.63, 3.8) is 0 Å². The summed E-state index contributed by atoms with van der Waals surface area (Å²) in [5, 5.41) is 13.9. The van der Waals surface area contributed by atoms with E-state index in [1.165, 1.54) is 10.7 Å². The molecule has 3 rings (SSSR count). The first-order valence-electron chi connectivity index (χ1n) is 8.66. The highest BCUT2D eigenvalue weighted by atomic mass is 19.4. The Bertz CT molecular complexity index is 1100. The molecule has 1 aromatic carbocycles. The van der Waals surface area contributed by atoms with Crippen molar-refractivity contribution < 1.29 is 22.7 Å². The van der Waals surface area contributed by atoms with E-state index in [2.05, 4.69) is 15.1 Å². The summed E-state index contributed by atoms with van der Waals surface area (Å²) in [5.41, 5.74) is -0.336. The van der Waals surface area contributed by atoms with Crippen LogP contribution in [0.1, 0.15) is 29.8 Å². The molecule has 11 heteroatoms. The molecule has 3 aromatic rings. The third-order valence-corrected chi connectivity index (χ3v) is 4.51. The molecular formula is C18H19F4N5O2. The monoisotopic (exact) mass is 413 g/mol. The Balaban J connectivity index is 2.10. The number of fused-ring (bicyclic) bond motifs is 1. The molecule has 0 aliphatic rings. The highest BCUT2D eigenvalue weighted by Gasteiger charge is 2.29. The molecule has 156 valence electrons. The highest BCUT2D eigenvalue weighted by Crippen LogP contribution is 2.28. The van der Waals surface area contributed by atoms with Crippen molar-refractivity contribution in [2.24, 2.45) is 0 Å². The fourth-order valence-electron chi connectivity index (χ4n) is 3.02. The van der Waals surface area contributed by atoms with Crippen LogP contribution in [0.15, 0.2) is 23.0 Å². The average molecular weight is 413 g/mol. The van der Waals surface area contributed by atoms with E-state index in [0.717, 1.165) is 12.1 Å². The molecule has 0 bridgehead atoms. The zero-order chi connectivity index (χ0) is 21.5. The van der Waals surface area contributed by atoms with E-state index in [-0.39, 0.29) is 22.7 Å². The van der Waals surface area contributed by atoms with E-state index in [9.17, 15) is 27.5 Å². The van der Waals surface area contributed by atoms with Crippen LogP contribution >= 0.6 is 0 Å². The fourth-order valence-corrected chi connectivity index (χ4v) is 3.02. The molecule has 0 aliphatic heterocycles. The lowest BCUT2D eigenvalue weighted by Gasteiger charge is -2.16. The van der Waals surface area contributed by atoms with E-state index in [1.54, 1.807) is 25.9 Å². The molecule has 2 heterocycles. The first-order valence-corrected chi connectivity index (χ1v) is 8.66. The third-order valence-electron chi connectivity index (χ3n) is 4.51.